The quantitative estimate of drug-likeness (QED) is 0.253. The Bertz CT molecular complexity index is 1590. The summed E-state index contributed by atoms with van der Waals surface area (Å²) in [6.45, 7) is 2.09. The molecule has 2 aliphatic carbocycles. The normalized spacial score (nSPS) is 19.8. The number of rotatable bonds is 8. The summed E-state index contributed by atoms with van der Waals surface area (Å²) in [6.07, 6.45) is 12.5. The third-order valence-corrected chi connectivity index (χ3v) is 9.11. The van der Waals surface area contributed by atoms with Gasteiger partial charge in [0.1, 0.15) is 16.6 Å². The molecular formula is C32H33N5O3S. The predicted molar refractivity (Wildman–Crippen MR) is 161 cm³/mol. The van der Waals surface area contributed by atoms with Crippen LogP contribution in [0.5, 0.6) is 0 Å². The summed E-state index contributed by atoms with van der Waals surface area (Å²) < 4.78 is 7.47. The van der Waals surface area contributed by atoms with Gasteiger partial charge in [0, 0.05) is 42.0 Å². The second kappa shape index (κ2) is 11.6. The second-order valence-corrected chi connectivity index (χ2v) is 11.6. The molecule has 0 amide bonds. The largest absolute Gasteiger partial charge is 0.464 e. The zero-order valence-corrected chi connectivity index (χ0v) is 24.1. The number of aromatic nitrogens is 4. The van der Waals surface area contributed by atoms with Crippen LogP contribution in [0, 0.1) is 5.41 Å². The SMILES string of the molecule is CCOC(=O)[C@H](Cc1ccc(-n2c(-c3cccnc3)nc3cccnc32)cc1)N=C1C(SC)C(=O)C12CCCCC2. The number of thioether (sulfide) groups is 1. The fourth-order valence-corrected chi connectivity index (χ4v) is 7.13. The van der Waals surface area contributed by atoms with Crippen LogP contribution in [0.4, 0.5) is 0 Å². The van der Waals surface area contributed by atoms with E-state index in [0.717, 1.165) is 71.6 Å². The number of benzene rings is 1. The number of hydrogen-bond acceptors (Lipinski definition) is 8. The first-order chi connectivity index (χ1) is 20.1. The summed E-state index contributed by atoms with van der Waals surface area (Å²) in [5.74, 6) is 0.685. The molecule has 3 aromatic heterocycles. The molecule has 1 aromatic carbocycles. The fraction of sp³-hybridized carbons (Fsp3) is 0.375. The number of carbonyl (C=O) groups is 2. The van der Waals surface area contributed by atoms with Crippen LogP contribution in [0.3, 0.4) is 0 Å². The van der Waals surface area contributed by atoms with E-state index in [0.29, 0.717) is 6.42 Å². The number of pyridine rings is 2. The van der Waals surface area contributed by atoms with Crippen LogP contribution in [-0.4, -0.2) is 61.1 Å². The van der Waals surface area contributed by atoms with Crippen LogP contribution in [0.1, 0.15) is 44.6 Å². The first-order valence-corrected chi connectivity index (χ1v) is 15.5. The van der Waals surface area contributed by atoms with Gasteiger partial charge in [0.05, 0.1) is 12.0 Å². The second-order valence-electron chi connectivity index (χ2n) is 10.6. The van der Waals surface area contributed by atoms with Crippen molar-refractivity contribution in [2.24, 2.45) is 10.4 Å². The van der Waals surface area contributed by atoms with Gasteiger partial charge in [-0.3, -0.25) is 19.3 Å². The molecule has 9 heteroatoms. The Morgan fingerprint density at radius 2 is 1.90 bits per heavy atom. The standard InChI is InChI=1S/C32H33N5O3S/c1-3-40-31(39)25(35-27-26(41-2)28(38)32(27)15-5-4-6-16-32)19-21-11-13-23(14-12-21)37-29(22-9-7-17-33-20-22)36-24-10-8-18-34-30(24)37/h7-14,17-18,20,25-26H,3-6,15-16,19H2,1-2H3/t25-,26?/m0/s1. The summed E-state index contributed by atoms with van der Waals surface area (Å²) in [6, 6.07) is 15.1. The lowest BCUT2D eigenvalue weighted by molar-refractivity contribution is -0.144. The number of nitrogens with zero attached hydrogens (tertiary/aromatic N) is 5. The van der Waals surface area contributed by atoms with E-state index in [-0.39, 0.29) is 23.6 Å². The lowest BCUT2D eigenvalue weighted by Gasteiger charge is -2.49. The molecule has 0 radical (unpaired) electrons. The van der Waals surface area contributed by atoms with Gasteiger partial charge in [-0.1, -0.05) is 31.4 Å². The average Bonchev–Trinajstić information content (AvgIpc) is 3.41. The van der Waals surface area contributed by atoms with E-state index in [1.165, 1.54) is 11.8 Å². The first-order valence-electron chi connectivity index (χ1n) is 14.2. The highest BCUT2D eigenvalue weighted by molar-refractivity contribution is 8.01. The minimum absolute atomic E-state index is 0.264. The molecule has 3 heterocycles. The third kappa shape index (κ3) is 4.96. The summed E-state index contributed by atoms with van der Waals surface area (Å²) in [5, 5.41) is -0.264. The maximum Gasteiger partial charge on any atom is 0.331 e. The number of Topliss-reactive ketones (excluding diaryl/α,β-unsaturated/α-hetero) is 1. The van der Waals surface area contributed by atoms with Gasteiger partial charge in [-0.2, -0.15) is 0 Å². The minimum atomic E-state index is -0.695. The zero-order chi connectivity index (χ0) is 28.4. The van der Waals surface area contributed by atoms with Crippen molar-refractivity contribution in [3.63, 3.8) is 0 Å². The number of ether oxygens (including phenoxy) is 1. The third-order valence-electron chi connectivity index (χ3n) is 8.20. The lowest BCUT2D eigenvalue weighted by atomic mass is 9.58. The fourth-order valence-electron chi connectivity index (χ4n) is 6.18. The number of esters is 1. The van der Waals surface area contributed by atoms with Crippen LogP contribution in [0.15, 0.2) is 72.1 Å². The molecule has 0 aliphatic heterocycles. The Balaban J connectivity index is 1.33. The Morgan fingerprint density at radius 1 is 1.12 bits per heavy atom. The molecule has 2 fully saturated rings. The Hall–Kier alpha value is -3.85. The van der Waals surface area contributed by atoms with Crippen molar-refractivity contribution < 1.29 is 14.3 Å². The van der Waals surface area contributed by atoms with Crippen LogP contribution in [0.2, 0.25) is 0 Å². The maximum atomic E-state index is 13.2. The Kier molecular flexibility index (Phi) is 7.71. The molecule has 6 rings (SSSR count). The van der Waals surface area contributed by atoms with E-state index in [9.17, 15) is 9.59 Å². The highest BCUT2D eigenvalue weighted by atomic mass is 32.2. The molecule has 8 nitrogen and oxygen atoms in total. The van der Waals surface area contributed by atoms with Gasteiger partial charge in [-0.15, -0.1) is 11.8 Å². The molecule has 2 atom stereocenters. The minimum Gasteiger partial charge on any atom is -0.464 e. The number of imidazole rings is 1. The van der Waals surface area contributed by atoms with Gasteiger partial charge in [0.2, 0.25) is 0 Å². The van der Waals surface area contributed by atoms with E-state index in [1.54, 1.807) is 25.5 Å². The predicted octanol–water partition coefficient (Wildman–Crippen LogP) is 5.66. The molecular weight excluding hydrogens is 534 g/mol. The van der Waals surface area contributed by atoms with Crippen molar-refractivity contribution in [1.82, 2.24) is 19.5 Å². The summed E-state index contributed by atoms with van der Waals surface area (Å²) in [5.41, 5.74) is 4.71. The molecule has 0 bridgehead atoms. The van der Waals surface area contributed by atoms with E-state index >= 15 is 0 Å². The van der Waals surface area contributed by atoms with Crippen molar-refractivity contribution in [2.45, 2.75) is 56.7 Å². The monoisotopic (exact) mass is 567 g/mol. The molecule has 0 saturated heterocycles. The number of hydrogen-bond donors (Lipinski definition) is 0. The maximum absolute atomic E-state index is 13.2. The molecule has 210 valence electrons. The average molecular weight is 568 g/mol. The van der Waals surface area contributed by atoms with Gasteiger partial charge < -0.3 is 4.74 Å². The number of carbonyl (C=O) groups excluding carboxylic acids is 2. The zero-order valence-electron chi connectivity index (χ0n) is 23.3. The van der Waals surface area contributed by atoms with Gasteiger partial charge in [-0.25, -0.2) is 14.8 Å². The highest BCUT2D eigenvalue weighted by Gasteiger charge is 2.59. The van der Waals surface area contributed by atoms with Crippen molar-refractivity contribution in [2.75, 3.05) is 12.9 Å². The Labute approximate surface area is 243 Å². The molecule has 1 unspecified atom stereocenters. The summed E-state index contributed by atoms with van der Waals surface area (Å²) >= 11 is 1.52. The molecule has 2 saturated carbocycles. The molecule has 41 heavy (non-hydrogen) atoms. The van der Waals surface area contributed by atoms with Crippen molar-refractivity contribution in [3.8, 4) is 17.1 Å². The topological polar surface area (TPSA) is 99.3 Å². The van der Waals surface area contributed by atoms with Crippen molar-refractivity contribution in [3.05, 3.63) is 72.7 Å². The lowest BCUT2D eigenvalue weighted by Crippen LogP contribution is -2.62. The summed E-state index contributed by atoms with van der Waals surface area (Å²) in [7, 11) is 0. The van der Waals surface area contributed by atoms with E-state index < -0.39 is 11.5 Å². The first kappa shape index (κ1) is 27.3. The van der Waals surface area contributed by atoms with Gasteiger partial charge >= 0.3 is 5.97 Å². The molecule has 2 aliphatic rings. The van der Waals surface area contributed by atoms with E-state index in [1.807, 2.05) is 59.4 Å². The molecule has 1 spiro atoms. The van der Waals surface area contributed by atoms with Crippen LogP contribution < -0.4 is 0 Å². The van der Waals surface area contributed by atoms with Crippen LogP contribution in [-0.2, 0) is 20.7 Å². The summed E-state index contributed by atoms with van der Waals surface area (Å²) in [4.78, 5) is 45.0. The molecule has 4 aromatic rings. The number of aliphatic imine (C=N–C) groups is 1. The van der Waals surface area contributed by atoms with E-state index in [2.05, 4.69) is 9.97 Å². The van der Waals surface area contributed by atoms with E-state index in [4.69, 9.17) is 14.7 Å². The van der Waals surface area contributed by atoms with Gasteiger partial charge in [0.25, 0.3) is 0 Å². The Morgan fingerprint density at radius 3 is 2.61 bits per heavy atom. The van der Waals surface area contributed by atoms with Crippen LogP contribution in [0.25, 0.3) is 28.2 Å². The van der Waals surface area contributed by atoms with Gasteiger partial charge in [-0.05, 0) is 68.0 Å². The van der Waals surface area contributed by atoms with Crippen LogP contribution >= 0.6 is 11.8 Å². The van der Waals surface area contributed by atoms with Gasteiger partial charge in [0.15, 0.2) is 17.5 Å². The number of ketones is 1. The van der Waals surface area contributed by atoms with Crippen molar-refractivity contribution >= 4 is 40.4 Å². The smallest absolute Gasteiger partial charge is 0.331 e. The number of fused-ring (bicyclic) bond motifs is 1. The molecule has 0 N–H and O–H groups in total. The highest BCUT2D eigenvalue weighted by Crippen LogP contribution is 2.50. The van der Waals surface area contributed by atoms with Crippen molar-refractivity contribution in [1.29, 1.82) is 0 Å².